The lowest BCUT2D eigenvalue weighted by Crippen LogP contribution is -2.34. The van der Waals surface area contributed by atoms with Crippen molar-refractivity contribution < 1.29 is 23.0 Å². The Morgan fingerprint density at radius 2 is 2.12 bits per heavy atom. The van der Waals surface area contributed by atoms with Crippen LogP contribution < -0.4 is 10.5 Å². The summed E-state index contributed by atoms with van der Waals surface area (Å²) in [5.41, 5.74) is 4.94. The number of carbonyl (C=O) groups excluding carboxylic acids is 1. The predicted molar refractivity (Wildman–Crippen MR) is 59.7 cm³/mol. The maximum Gasteiger partial charge on any atom is 0.410 e. The molecule has 1 aromatic carbocycles. The van der Waals surface area contributed by atoms with Crippen molar-refractivity contribution in [1.29, 1.82) is 0 Å². The van der Waals surface area contributed by atoms with Gasteiger partial charge in [-0.15, -0.1) is 12.4 Å². The zero-order valence-corrected chi connectivity index (χ0v) is 9.80. The lowest BCUT2D eigenvalue weighted by atomic mass is 10.2. The van der Waals surface area contributed by atoms with E-state index in [1.54, 1.807) is 0 Å². The van der Waals surface area contributed by atoms with Crippen LogP contribution in [0.4, 0.5) is 8.78 Å². The summed E-state index contributed by atoms with van der Waals surface area (Å²) in [6, 6.07) is 5.30. The smallest absolute Gasteiger partial charge is 0.410 e. The fraction of sp³-hybridized carbons (Fsp3) is 0.300. The van der Waals surface area contributed by atoms with Crippen LogP contribution in [0.15, 0.2) is 24.3 Å². The van der Waals surface area contributed by atoms with E-state index in [4.69, 9.17) is 5.73 Å². The van der Waals surface area contributed by atoms with Crippen molar-refractivity contribution in [2.24, 2.45) is 5.73 Å². The summed E-state index contributed by atoms with van der Waals surface area (Å²) in [7, 11) is 1.20. The third-order valence-electron chi connectivity index (χ3n) is 1.76. The molecule has 1 aromatic rings. The first-order valence-electron chi connectivity index (χ1n) is 4.44. The van der Waals surface area contributed by atoms with Crippen LogP contribution in [0.2, 0.25) is 0 Å². The van der Waals surface area contributed by atoms with E-state index in [2.05, 4.69) is 9.47 Å². The highest BCUT2D eigenvalue weighted by Gasteiger charge is 2.29. The molecule has 0 atom stereocenters. The number of hydrogen-bond donors (Lipinski definition) is 1. The van der Waals surface area contributed by atoms with Gasteiger partial charge in [0.15, 0.2) is 0 Å². The lowest BCUT2D eigenvalue weighted by Gasteiger charge is -2.15. The van der Waals surface area contributed by atoms with Crippen molar-refractivity contribution in [3.8, 4) is 5.75 Å². The number of hydrogen-bond acceptors (Lipinski definition) is 4. The van der Waals surface area contributed by atoms with Gasteiger partial charge in [0.1, 0.15) is 5.75 Å². The fourth-order valence-corrected chi connectivity index (χ4v) is 1.02. The van der Waals surface area contributed by atoms with Crippen LogP contribution >= 0.6 is 12.4 Å². The van der Waals surface area contributed by atoms with Crippen molar-refractivity contribution >= 4 is 18.4 Å². The molecular formula is C10H12ClF2NO3. The van der Waals surface area contributed by atoms with E-state index in [1.165, 1.54) is 25.3 Å². The highest BCUT2D eigenvalue weighted by molar-refractivity contribution is 5.89. The number of alkyl halides is 2. The van der Waals surface area contributed by atoms with Gasteiger partial charge in [-0.3, -0.25) is 0 Å². The summed E-state index contributed by atoms with van der Waals surface area (Å²) in [4.78, 5) is 11.1. The second-order valence-electron chi connectivity index (χ2n) is 2.96. The molecule has 0 amide bonds. The lowest BCUT2D eigenvalue weighted by molar-refractivity contribution is -0.166. The second kappa shape index (κ2) is 6.36. The molecule has 0 aromatic heterocycles. The SMILES string of the molecule is COC(=O)c1cccc(OC(F)(F)CN)c1.Cl. The standard InChI is InChI=1S/C10H11F2NO3.ClH/c1-15-9(14)7-3-2-4-8(5-7)16-10(11,12)6-13;/h2-5H,6,13H2,1H3;1H. The summed E-state index contributed by atoms with van der Waals surface area (Å²) in [5, 5.41) is 0. The van der Waals surface area contributed by atoms with Crippen LogP contribution in [0.5, 0.6) is 5.75 Å². The van der Waals surface area contributed by atoms with Gasteiger partial charge >= 0.3 is 12.1 Å². The topological polar surface area (TPSA) is 61.5 Å². The van der Waals surface area contributed by atoms with E-state index in [9.17, 15) is 13.6 Å². The summed E-state index contributed by atoms with van der Waals surface area (Å²) >= 11 is 0. The van der Waals surface area contributed by atoms with E-state index in [0.29, 0.717) is 0 Å². The molecule has 0 spiro atoms. The molecule has 4 nitrogen and oxygen atoms in total. The molecular weight excluding hydrogens is 256 g/mol. The number of ether oxygens (including phenoxy) is 2. The molecule has 0 unspecified atom stereocenters. The third kappa shape index (κ3) is 4.54. The van der Waals surface area contributed by atoms with Crippen molar-refractivity contribution in [2.75, 3.05) is 13.7 Å². The van der Waals surface area contributed by atoms with Crippen molar-refractivity contribution in [3.63, 3.8) is 0 Å². The maximum absolute atomic E-state index is 12.8. The molecule has 0 bridgehead atoms. The van der Waals surface area contributed by atoms with Crippen LogP contribution in [-0.2, 0) is 4.74 Å². The molecule has 0 saturated carbocycles. The van der Waals surface area contributed by atoms with E-state index >= 15 is 0 Å². The normalized spacial score (nSPS) is 10.4. The average molecular weight is 268 g/mol. The Labute approximate surface area is 103 Å². The van der Waals surface area contributed by atoms with Crippen LogP contribution in [-0.4, -0.2) is 25.7 Å². The summed E-state index contributed by atoms with van der Waals surface area (Å²) in [6.07, 6.45) is -3.45. The molecule has 0 radical (unpaired) electrons. The Hall–Kier alpha value is -1.40. The van der Waals surface area contributed by atoms with E-state index in [1.807, 2.05) is 0 Å². The van der Waals surface area contributed by atoms with E-state index < -0.39 is 18.6 Å². The number of esters is 1. The van der Waals surface area contributed by atoms with E-state index in [0.717, 1.165) is 6.07 Å². The van der Waals surface area contributed by atoms with Gasteiger partial charge in [-0.1, -0.05) is 6.07 Å². The molecule has 0 saturated heterocycles. The van der Waals surface area contributed by atoms with Gasteiger partial charge in [-0.25, -0.2) is 4.79 Å². The van der Waals surface area contributed by atoms with Crippen LogP contribution in [0.1, 0.15) is 10.4 Å². The molecule has 17 heavy (non-hydrogen) atoms. The minimum Gasteiger partial charge on any atom is -0.465 e. The van der Waals surface area contributed by atoms with Gasteiger partial charge in [-0.2, -0.15) is 8.78 Å². The van der Waals surface area contributed by atoms with Gasteiger partial charge in [0.25, 0.3) is 0 Å². The van der Waals surface area contributed by atoms with Crippen LogP contribution in [0, 0.1) is 0 Å². The molecule has 2 N–H and O–H groups in total. The summed E-state index contributed by atoms with van der Waals surface area (Å²) in [5.74, 6) is -0.764. The number of benzene rings is 1. The molecule has 0 aliphatic carbocycles. The molecule has 1 rings (SSSR count). The monoisotopic (exact) mass is 267 g/mol. The molecule has 0 aliphatic rings. The van der Waals surface area contributed by atoms with Crippen molar-refractivity contribution in [3.05, 3.63) is 29.8 Å². The largest absolute Gasteiger partial charge is 0.465 e. The quantitative estimate of drug-likeness (QED) is 0.846. The molecule has 0 heterocycles. The Bertz CT molecular complexity index is 388. The third-order valence-corrected chi connectivity index (χ3v) is 1.76. The Kier molecular flexibility index (Phi) is 5.84. The highest BCUT2D eigenvalue weighted by Crippen LogP contribution is 2.21. The average Bonchev–Trinajstić information content (AvgIpc) is 2.28. The summed E-state index contributed by atoms with van der Waals surface area (Å²) in [6.45, 7) is -0.935. The van der Waals surface area contributed by atoms with Crippen molar-refractivity contribution in [2.45, 2.75) is 6.11 Å². The molecule has 96 valence electrons. The number of carbonyl (C=O) groups is 1. The number of rotatable bonds is 4. The minimum atomic E-state index is -3.45. The van der Waals surface area contributed by atoms with Gasteiger partial charge in [0, 0.05) is 0 Å². The molecule has 0 aliphatic heterocycles. The van der Waals surface area contributed by atoms with E-state index in [-0.39, 0.29) is 23.7 Å². The summed E-state index contributed by atoms with van der Waals surface area (Å²) < 4.78 is 34.3. The molecule has 7 heteroatoms. The zero-order chi connectivity index (χ0) is 12.2. The first kappa shape index (κ1) is 15.6. The minimum absolute atomic E-state index is 0. The Balaban J connectivity index is 0.00000256. The van der Waals surface area contributed by atoms with Crippen molar-refractivity contribution in [1.82, 2.24) is 0 Å². The van der Waals surface area contributed by atoms with Gasteiger partial charge in [-0.05, 0) is 18.2 Å². The van der Waals surface area contributed by atoms with Crippen LogP contribution in [0.25, 0.3) is 0 Å². The Morgan fingerprint density at radius 3 is 2.65 bits per heavy atom. The van der Waals surface area contributed by atoms with Gasteiger partial charge in [0.05, 0.1) is 19.2 Å². The van der Waals surface area contributed by atoms with Crippen LogP contribution in [0.3, 0.4) is 0 Å². The first-order chi connectivity index (χ1) is 7.48. The Morgan fingerprint density at radius 1 is 1.47 bits per heavy atom. The number of halogens is 3. The highest BCUT2D eigenvalue weighted by atomic mass is 35.5. The zero-order valence-electron chi connectivity index (χ0n) is 8.98. The fourth-order valence-electron chi connectivity index (χ4n) is 1.02. The maximum atomic E-state index is 12.8. The van der Waals surface area contributed by atoms with Gasteiger partial charge in [0.2, 0.25) is 0 Å². The second-order valence-corrected chi connectivity index (χ2v) is 2.96. The first-order valence-corrected chi connectivity index (χ1v) is 4.44. The molecule has 0 fully saturated rings. The van der Waals surface area contributed by atoms with Gasteiger partial charge < -0.3 is 15.2 Å². The number of methoxy groups -OCH3 is 1. The number of nitrogens with two attached hydrogens (primary N) is 1. The predicted octanol–water partition coefficient (Wildman–Crippen LogP) is 1.83.